The lowest BCUT2D eigenvalue weighted by Gasteiger charge is -1.97. The number of hydrogen-bond acceptors (Lipinski definition) is 5. The topological polar surface area (TPSA) is 52.1 Å². The summed E-state index contributed by atoms with van der Waals surface area (Å²) in [6.45, 7) is 2.09. The fourth-order valence-electron chi connectivity index (χ4n) is 1.19. The van der Waals surface area contributed by atoms with Crippen molar-refractivity contribution < 1.29 is 9.53 Å². The molecule has 0 radical (unpaired) electrons. The van der Waals surface area contributed by atoms with E-state index in [0.29, 0.717) is 28.0 Å². The van der Waals surface area contributed by atoms with Gasteiger partial charge in [0.2, 0.25) is 0 Å². The molecule has 2 heterocycles. The number of pyridine rings is 1. The first kappa shape index (κ1) is 12.0. The van der Waals surface area contributed by atoms with Crippen molar-refractivity contribution in [2.45, 2.75) is 6.92 Å². The van der Waals surface area contributed by atoms with Crippen LogP contribution in [-0.2, 0) is 4.74 Å². The summed E-state index contributed by atoms with van der Waals surface area (Å²) in [5, 5.41) is 2.89. The predicted molar refractivity (Wildman–Crippen MR) is 66.3 cm³/mol. The van der Waals surface area contributed by atoms with E-state index in [0.717, 1.165) is 0 Å². The van der Waals surface area contributed by atoms with Crippen LogP contribution in [0.4, 0.5) is 0 Å². The molecular formula is C11H9ClN2O2S. The molecule has 0 atom stereocenters. The third-order valence-electron chi connectivity index (χ3n) is 1.94. The van der Waals surface area contributed by atoms with Crippen LogP contribution in [0.3, 0.4) is 0 Å². The van der Waals surface area contributed by atoms with Gasteiger partial charge in [-0.05, 0) is 19.1 Å². The zero-order valence-corrected chi connectivity index (χ0v) is 10.6. The lowest BCUT2D eigenvalue weighted by molar-refractivity contribution is 0.0520. The Kier molecular flexibility index (Phi) is 3.71. The highest BCUT2D eigenvalue weighted by Crippen LogP contribution is 2.23. The summed E-state index contributed by atoms with van der Waals surface area (Å²) in [6.07, 6.45) is 1.54. The van der Waals surface area contributed by atoms with Gasteiger partial charge in [0.25, 0.3) is 0 Å². The minimum absolute atomic E-state index is 0.309. The number of esters is 1. The maximum Gasteiger partial charge on any atom is 0.357 e. The van der Waals surface area contributed by atoms with Crippen molar-refractivity contribution in [2.24, 2.45) is 0 Å². The van der Waals surface area contributed by atoms with Crippen molar-refractivity contribution in [3.63, 3.8) is 0 Å². The van der Waals surface area contributed by atoms with E-state index in [4.69, 9.17) is 16.3 Å². The fraction of sp³-hybridized carbons (Fsp3) is 0.182. The summed E-state index contributed by atoms with van der Waals surface area (Å²) in [5.74, 6) is -0.413. The minimum Gasteiger partial charge on any atom is -0.461 e. The van der Waals surface area contributed by atoms with Crippen molar-refractivity contribution >= 4 is 28.9 Å². The second-order valence-electron chi connectivity index (χ2n) is 3.12. The number of halogens is 1. The summed E-state index contributed by atoms with van der Waals surface area (Å²) in [6, 6.07) is 3.49. The quantitative estimate of drug-likeness (QED) is 0.803. The van der Waals surface area contributed by atoms with Crippen molar-refractivity contribution in [1.29, 1.82) is 0 Å². The van der Waals surface area contributed by atoms with Gasteiger partial charge in [0.05, 0.1) is 17.3 Å². The predicted octanol–water partition coefficient (Wildman–Crippen LogP) is 3.04. The standard InChI is InChI=1S/C11H9ClN2O2S/c1-2-16-11(15)9-6-17-10(14-9)8-4-3-7(12)5-13-8/h3-6H,2H2,1H3. The lowest BCUT2D eigenvalue weighted by Crippen LogP contribution is -2.04. The molecule has 0 aromatic carbocycles. The average Bonchev–Trinajstić information content (AvgIpc) is 2.80. The number of hydrogen-bond donors (Lipinski definition) is 0. The molecule has 4 nitrogen and oxygen atoms in total. The summed E-state index contributed by atoms with van der Waals surface area (Å²) < 4.78 is 4.86. The fourth-order valence-corrected chi connectivity index (χ4v) is 2.07. The highest BCUT2D eigenvalue weighted by molar-refractivity contribution is 7.13. The van der Waals surface area contributed by atoms with Crippen LogP contribution in [-0.4, -0.2) is 22.5 Å². The van der Waals surface area contributed by atoms with E-state index in [2.05, 4.69) is 9.97 Å². The molecule has 0 aliphatic carbocycles. The first-order chi connectivity index (χ1) is 8.20. The number of nitrogens with zero attached hydrogens (tertiary/aromatic N) is 2. The van der Waals surface area contributed by atoms with Crippen LogP contribution in [0.2, 0.25) is 5.02 Å². The highest BCUT2D eigenvalue weighted by Gasteiger charge is 2.12. The van der Waals surface area contributed by atoms with E-state index in [1.54, 1.807) is 30.6 Å². The molecule has 2 aromatic rings. The summed E-state index contributed by atoms with van der Waals surface area (Å²) in [5.41, 5.74) is 0.999. The third-order valence-corrected chi connectivity index (χ3v) is 3.02. The number of ether oxygens (including phenoxy) is 1. The van der Waals surface area contributed by atoms with E-state index >= 15 is 0 Å². The SMILES string of the molecule is CCOC(=O)c1csc(-c2ccc(Cl)cn2)n1. The van der Waals surface area contributed by atoms with Gasteiger partial charge in [-0.15, -0.1) is 11.3 Å². The smallest absolute Gasteiger partial charge is 0.357 e. The van der Waals surface area contributed by atoms with Gasteiger partial charge in [-0.25, -0.2) is 9.78 Å². The summed E-state index contributed by atoms with van der Waals surface area (Å²) >= 11 is 7.09. The van der Waals surface area contributed by atoms with Crippen LogP contribution in [0.25, 0.3) is 10.7 Å². The average molecular weight is 269 g/mol. The van der Waals surface area contributed by atoms with Crippen molar-refractivity contribution in [3.8, 4) is 10.7 Å². The van der Waals surface area contributed by atoms with Gasteiger partial charge in [0.15, 0.2) is 5.69 Å². The molecular weight excluding hydrogens is 260 g/mol. The Morgan fingerprint density at radius 3 is 3.00 bits per heavy atom. The van der Waals surface area contributed by atoms with Crippen molar-refractivity contribution in [1.82, 2.24) is 9.97 Å². The summed E-state index contributed by atoms with van der Waals surface area (Å²) in [4.78, 5) is 19.7. The Morgan fingerprint density at radius 2 is 2.35 bits per heavy atom. The van der Waals surface area contributed by atoms with E-state index in [9.17, 15) is 4.79 Å². The maximum atomic E-state index is 11.4. The Labute approximate surface area is 107 Å². The lowest BCUT2D eigenvalue weighted by atomic mass is 10.3. The van der Waals surface area contributed by atoms with Crippen LogP contribution >= 0.6 is 22.9 Å². The van der Waals surface area contributed by atoms with Crippen LogP contribution in [0.15, 0.2) is 23.7 Å². The normalized spacial score (nSPS) is 10.2. The summed E-state index contributed by atoms with van der Waals surface area (Å²) in [7, 11) is 0. The van der Waals surface area contributed by atoms with Gasteiger partial charge < -0.3 is 4.74 Å². The van der Waals surface area contributed by atoms with E-state index in [1.165, 1.54) is 11.3 Å². The van der Waals surface area contributed by atoms with Gasteiger partial charge in [0, 0.05) is 11.6 Å². The van der Waals surface area contributed by atoms with E-state index in [-0.39, 0.29) is 0 Å². The van der Waals surface area contributed by atoms with Gasteiger partial charge in [-0.1, -0.05) is 11.6 Å². The Bertz CT molecular complexity index is 525. The molecule has 0 saturated heterocycles. The van der Waals surface area contributed by atoms with Gasteiger partial charge in [-0.2, -0.15) is 0 Å². The maximum absolute atomic E-state index is 11.4. The first-order valence-electron chi connectivity index (χ1n) is 4.95. The molecule has 0 fully saturated rings. The molecule has 0 aliphatic rings. The number of rotatable bonds is 3. The number of thiazole rings is 1. The van der Waals surface area contributed by atoms with Crippen LogP contribution < -0.4 is 0 Å². The van der Waals surface area contributed by atoms with E-state index in [1.807, 2.05) is 0 Å². The zero-order chi connectivity index (χ0) is 12.3. The van der Waals surface area contributed by atoms with Crippen LogP contribution in [0.1, 0.15) is 17.4 Å². The molecule has 0 saturated carbocycles. The molecule has 2 rings (SSSR count). The third kappa shape index (κ3) is 2.81. The number of carbonyl (C=O) groups is 1. The Hall–Kier alpha value is -1.46. The highest BCUT2D eigenvalue weighted by atomic mass is 35.5. The Balaban J connectivity index is 2.23. The molecule has 0 unspecified atom stereocenters. The second kappa shape index (κ2) is 5.25. The van der Waals surface area contributed by atoms with Gasteiger partial charge >= 0.3 is 5.97 Å². The first-order valence-corrected chi connectivity index (χ1v) is 6.21. The Morgan fingerprint density at radius 1 is 1.53 bits per heavy atom. The number of aromatic nitrogens is 2. The molecule has 0 spiro atoms. The number of carbonyl (C=O) groups excluding carboxylic acids is 1. The minimum atomic E-state index is -0.413. The molecule has 6 heteroatoms. The zero-order valence-electron chi connectivity index (χ0n) is 9.01. The van der Waals surface area contributed by atoms with Crippen molar-refractivity contribution in [2.75, 3.05) is 6.61 Å². The molecule has 2 aromatic heterocycles. The second-order valence-corrected chi connectivity index (χ2v) is 4.41. The van der Waals surface area contributed by atoms with Crippen LogP contribution in [0, 0.1) is 0 Å². The van der Waals surface area contributed by atoms with E-state index < -0.39 is 5.97 Å². The van der Waals surface area contributed by atoms with Crippen molar-refractivity contribution in [3.05, 3.63) is 34.4 Å². The molecule has 88 valence electrons. The van der Waals surface area contributed by atoms with Crippen LogP contribution in [0.5, 0.6) is 0 Å². The van der Waals surface area contributed by atoms with Gasteiger partial charge in [-0.3, -0.25) is 4.98 Å². The molecule has 0 amide bonds. The van der Waals surface area contributed by atoms with Gasteiger partial charge in [0.1, 0.15) is 5.01 Å². The monoisotopic (exact) mass is 268 g/mol. The molecule has 0 aliphatic heterocycles. The molecule has 0 bridgehead atoms. The molecule has 0 N–H and O–H groups in total. The largest absolute Gasteiger partial charge is 0.461 e. The molecule has 17 heavy (non-hydrogen) atoms.